The number of nitrogens with zero attached hydrogens (tertiary/aromatic N) is 1. The van der Waals surface area contributed by atoms with Gasteiger partial charge in [0.05, 0.1) is 4.90 Å². The van der Waals surface area contributed by atoms with Crippen molar-refractivity contribution in [1.29, 1.82) is 0 Å². The van der Waals surface area contributed by atoms with Crippen LogP contribution in [0, 0.1) is 5.92 Å². The van der Waals surface area contributed by atoms with Crippen molar-refractivity contribution in [2.45, 2.75) is 37.6 Å². The maximum absolute atomic E-state index is 12.6. The minimum absolute atomic E-state index is 0.0187. The molecule has 1 aromatic heterocycles. The number of sulfonamides is 1. The summed E-state index contributed by atoms with van der Waals surface area (Å²) in [5, 5.41) is 3.31. The van der Waals surface area contributed by atoms with Crippen LogP contribution in [0.25, 0.3) is 0 Å². The largest absolute Gasteiger partial charge is 0.366 e. The molecule has 2 rings (SSSR count). The van der Waals surface area contributed by atoms with Gasteiger partial charge in [0.2, 0.25) is 10.0 Å². The molecule has 1 aliphatic heterocycles. The number of aromatic amines is 1. The summed E-state index contributed by atoms with van der Waals surface area (Å²) in [7, 11) is -3.37. The Morgan fingerprint density at radius 3 is 2.58 bits per heavy atom. The van der Waals surface area contributed by atoms with Crippen LogP contribution in [0.15, 0.2) is 23.4 Å². The van der Waals surface area contributed by atoms with Crippen molar-refractivity contribution in [2.75, 3.05) is 19.6 Å². The third-order valence-corrected chi connectivity index (χ3v) is 5.69. The van der Waals surface area contributed by atoms with E-state index in [9.17, 15) is 8.42 Å². The van der Waals surface area contributed by atoms with Gasteiger partial charge < -0.3 is 10.3 Å². The molecule has 0 radical (unpaired) electrons. The zero-order chi connectivity index (χ0) is 13.9. The minimum atomic E-state index is -3.37. The summed E-state index contributed by atoms with van der Waals surface area (Å²) in [5.41, 5.74) is 0. The summed E-state index contributed by atoms with van der Waals surface area (Å²) in [4.78, 5) is 3.17. The second-order valence-corrected chi connectivity index (χ2v) is 7.30. The van der Waals surface area contributed by atoms with Crippen LogP contribution < -0.4 is 5.32 Å². The molecule has 2 heterocycles. The molecule has 0 aliphatic carbocycles. The normalized spacial score (nSPS) is 18.3. The Bertz CT molecular complexity index is 476. The zero-order valence-electron chi connectivity index (χ0n) is 11.6. The molecule has 1 fully saturated rings. The highest BCUT2D eigenvalue weighted by Crippen LogP contribution is 2.22. The van der Waals surface area contributed by atoms with E-state index >= 15 is 0 Å². The molecule has 108 valence electrons. The summed E-state index contributed by atoms with van der Waals surface area (Å²) < 4.78 is 26.8. The Labute approximate surface area is 115 Å². The molecule has 1 aromatic rings. The van der Waals surface area contributed by atoms with E-state index < -0.39 is 10.0 Å². The lowest BCUT2D eigenvalue weighted by atomic mass is 9.98. The van der Waals surface area contributed by atoms with Crippen molar-refractivity contribution in [1.82, 2.24) is 14.6 Å². The maximum Gasteiger partial charge on any atom is 0.244 e. The van der Waals surface area contributed by atoms with Gasteiger partial charge in [-0.2, -0.15) is 4.31 Å². The molecule has 2 N–H and O–H groups in total. The Balaban J connectivity index is 2.15. The maximum atomic E-state index is 12.6. The predicted octanol–water partition coefficient (Wildman–Crippen LogP) is 1.41. The fourth-order valence-electron chi connectivity index (χ4n) is 2.51. The van der Waals surface area contributed by atoms with E-state index in [2.05, 4.69) is 10.3 Å². The van der Waals surface area contributed by atoms with Gasteiger partial charge in [0.1, 0.15) is 0 Å². The van der Waals surface area contributed by atoms with Crippen molar-refractivity contribution >= 4 is 10.0 Å². The molecule has 0 saturated carbocycles. The second kappa shape index (κ2) is 6.07. The quantitative estimate of drug-likeness (QED) is 0.860. The molecule has 5 nitrogen and oxygen atoms in total. The highest BCUT2D eigenvalue weighted by atomic mass is 32.2. The van der Waals surface area contributed by atoms with Crippen LogP contribution in [0.3, 0.4) is 0 Å². The Hall–Kier alpha value is -0.850. The van der Waals surface area contributed by atoms with E-state index in [1.165, 1.54) is 0 Å². The van der Waals surface area contributed by atoms with Gasteiger partial charge in [-0.1, -0.05) is 0 Å². The first-order valence-electron chi connectivity index (χ1n) is 6.87. The number of piperidine rings is 1. The number of hydrogen-bond acceptors (Lipinski definition) is 3. The predicted molar refractivity (Wildman–Crippen MR) is 75.4 cm³/mol. The zero-order valence-corrected chi connectivity index (χ0v) is 12.4. The molecule has 1 aliphatic rings. The fourth-order valence-corrected chi connectivity index (χ4v) is 4.20. The van der Waals surface area contributed by atoms with E-state index in [4.69, 9.17) is 0 Å². The van der Waals surface area contributed by atoms with Crippen molar-refractivity contribution in [3.63, 3.8) is 0 Å². The van der Waals surface area contributed by atoms with Crippen LogP contribution in [0.2, 0.25) is 0 Å². The SMILES string of the molecule is CC(C)N(CC1CCNCC1)S(=O)(=O)c1cc[nH]c1. The van der Waals surface area contributed by atoms with Crippen molar-refractivity contribution in [3.8, 4) is 0 Å². The first-order chi connectivity index (χ1) is 9.01. The lowest BCUT2D eigenvalue weighted by Crippen LogP contribution is -2.42. The molecule has 0 spiro atoms. The number of nitrogens with one attached hydrogen (secondary N) is 2. The third kappa shape index (κ3) is 3.38. The van der Waals surface area contributed by atoms with Gasteiger partial charge >= 0.3 is 0 Å². The highest BCUT2D eigenvalue weighted by Gasteiger charge is 2.30. The highest BCUT2D eigenvalue weighted by molar-refractivity contribution is 7.89. The summed E-state index contributed by atoms with van der Waals surface area (Å²) in [6, 6.07) is 1.60. The third-order valence-electron chi connectivity index (χ3n) is 3.65. The van der Waals surface area contributed by atoms with Crippen LogP contribution in [-0.4, -0.2) is 43.4 Å². The van der Waals surface area contributed by atoms with Gasteiger partial charge in [-0.15, -0.1) is 0 Å². The molecular formula is C13H23N3O2S. The van der Waals surface area contributed by atoms with Gasteiger partial charge in [0.25, 0.3) is 0 Å². The van der Waals surface area contributed by atoms with Crippen LogP contribution >= 0.6 is 0 Å². The molecule has 6 heteroatoms. The van der Waals surface area contributed by atoms with Crippen molar-refractivity contribution in [3.05, 3.63) is 18.5 Å². The summed E-state index contributed by atoms with van der Waals surface area (Å²) >= 11 is 0. The molecule has 1 saturated heterocycles. The van der Waals surface area contributed by atoms with Gasteiger partial charge in [0, 0.05) is 25.0 Å². The summed E-state index contributed by atoms with van der Waals surface area (Å²) in [6.07, 6.45) is 5.29. The molecule has 0 aromatic carbocycles. The smallest absolute Gasteiger partial charge is 0.244 e. The molecule has 0 amide bonds. The Morgan fingerprint density at radius 2 is 2.05 bits per heavy atom. The van der Waals surface area contributed by atoms with E-state index in [-0.39, 0.29) is 6.04 Å². The number of rotatable bonds is 5. The molecule has 0 atom stereocenters. The standard InChI is InChI=1S/C13H23N3O2S/c1-11(2)16(10-12-3-6-14-7-4-12)19(17,18)13-5-8-15-9-13/h5,8-9,11-12,14-15H,3-4,6-7,10H2,1-2H3. The van der Waals surface area contributed by atoms with Crippen LogP contribution in [0.1, 0.15) is 26.7 Å². The van der Waals surface area contributed by atoms with Crippen LogP contribution in [0.4, 0.5) is 0 Å². The number of aromatic nitrogens is 1. The van der Waals surface area contributed by atoms with Crippen LogP contribution in [-0.2, 0) is 10.0 Å². The topological polar surface area (TPSA) is 65.2 Å². The molecule has 19 heavy (non-hydrogen) atoms. The van der Waals surface area contributed by atoms with E-state index in [1.807, 2.05) is 13.8 Å². The van der Waals surface area contributed by atoms with Gasteiger partial charge in [0.15, 0.2) is 0 Å². The monoisotopic (exact) mass is 285 g/mol. The Kier molecular flexibility index (Phi) is 4.65. The fraction of sp³-hybridized carbons (Fsp3) is 0.692. The number of hydrogen-bond donors (Lipinski definition) is 2. The van der Waals surface area contributed by atoms with Gasteiger partial charge in [-0.25, -0.2) is 8.42 Å². The summed E-state index contributed by atoms with van der Waals surface area (Å²) in [6.45, 7) is 6.46. The van der Waals surface area contributed by atoms with Gasteiger partial charge in [-0.05, 0) is 51.8 Å². The Morgan fingerprint density at radius 1 is 1.37 bits per heavy atom. The van der Waals surface area contributed by atoms with Crippen molar-refractivity contribution in [2.24, 2.45) is 5.92 Å². The average molecular weight is 285 g/mol. The van der Waals surface area contributed by atoms with E-state index in [1.54, 1.807) is 22.8 Å². The van der Waals surface area contributed by atoms with E-state index in [0.29, 0.717) is 17.4 Å². The molecular weight excluding hydrogens is 262 g/mol. The molecule has 0 bridgehead atoms. The number of H-pyrrole nitrogens is 1. The lowest BCUT2D eigenvalue weighted by Gasteiger charge is -2.31. The molecule has 0 unspecified atom stereocenters. The van der Waals surface area contributed by atoms with E-state index in [0.717, 1.165) is 25.9 Å². The first-order valence-corrected chi connectivity index (χ1v) is 8.31. The first kappa shape index (κ1) is 14.6. The van der Waals surface area contributed by atoms with Crippen molar-refractivity contribution < 1.29 is 8.42 Å². The lowest BCUT2D eigenvalue weighted by molar-refractivity contribution is 0.261. The minimum Gasteiger partial charge on any atom is -0.366 e. The second-order valence-electron chi connectivity index (χ2n) is 5.41. The van der Waals surface area contributed by atoms with Gasteiger partial charge in [-0.3, -0.25) is 0 Å². The summed E-state index contributed by atoms with van der Waals surface area (Å²) in [5.74, 6) is 0.456. The van der Waals surface area contributed by atoms with Crippen LogP contribution in [0.5, 0.6) is 0 Å². The average Bonchev–Trinajstić information content (AvgIpc) is 2.91.